The van der Waals surface area contributed by atoms with E-state index >= 15 is 0 Å². The quantitative estimate of drug-likeness (QED) is 0.183. The van der Waals surface area contributed by atoms with E-state index in [1.54, 1.807) is 14.1 Å². The van der Waals surface area contributed by atoms with Crippen molar-refractivity contribution in [3.05, 3.63) is 156 Å². The van der Waals surface area contributed by atoms with Gasteiger partial charge >= 0.3 is 0 Å². The lowest BCUT2D eigenvalue weighted by Crippen LogP contribution is -2.52. The number of aromatic amines is 1. The van der Waals surface area contributed by atoms with Crippen LogP contribution in [0.3, 0.4) is 0 Å². The summed E-state index contributed by atoms with van der Waals surface area (Å²) in [5.74, 6) is -0.397. The molecule has 0 bridgehead atoms. The van der Waals surface area contributed by atoms with Crippen LogP contribution in [0.15, 0.2) is 133 Å². The van der Waals surface area contributed by atoms with Crippen molar-refractivity contribution < 1.29 is 9.59 Å². The molecule has 0 fully saturated rings. The summed E-state index contributed by atoms with van der Waals surface area (Å²) < 4.78 is 0. The predicted molar refractivity (Wildman–Crippen MR) is 184 cm³/mol. The van der Waals surface area contributed by atoms with E-state index in [4.69, 9.17) is 0 Å². The van der Waals surface area contributed by atoms with Gasteiger partial charge in [0, 0.05) is 30.7 Å². The number of nitrogens with one attached hydrogen (secondary N) is 3. The molecule has 6 aromatic rings. The molecule has 1 aromatic heterocycles. The molecule has 2 unspecified atom stereocenters. The number of hydrogen-bond donors (Lipinski definition) is 3. The summed E-state index contributed by atoms with van der Waals surface area (Å²) in [6.45, 7) is 0. The van der Waals surface area contributed by atoms with E-state index in [0.29, 0.717) is 6.42 Å². The first-order chi connectivity index (χ1) is 22.5. The molecular formula is C40H36N4O2. The number of hydrogen-bond acceptors (Lipinski definition) is 3. The molecule has 0 saturated carbocycles. The molecule has 5 aromatic carbocycles. The smallest absolute Gasteiger partial charge is 0.249 e. The number of para-hydroxylation sites is 1. The van der Waals surface area contributed by atoms with Gasteiger partial charge in [0.05, 0.1) is 12.1 Å². The standard InChI is InChI=1S/C40H36N4O2/c1-44(2)40(46)37(31-23-19-29(20-24-31)27-13-7-4-8-14-27)43-39(45)35-25-33-32-15-9-10-16-34(32)41-38(33)36(42-35)30-21-17-28(18-22-30)26-11-5-3-6-12-26/h3-24,35-37,41-42H,25H2,1-2H3,(H,43,45)/t35?,36-,37?/m0/s1. The maximum atomic E-state index is 14.1. The van der Waals surface area contributed by atoms with Crippen LogP contribution in [-0.2, 0) is 16.0 Å². The summed E-state index contributed by atoms with van der Waals surface area (Å²) in [5.41, 5.74) is 9.46. The maximum absolute atomic E-state index is 14.1. The summed E-state index contributed by atoms with van der Waals surface area (Å²) in [5, 5.41) is 7.86. The Morgan fingerprint density at radius 3 is 1.85 bits per heavy atom. The van der Waals surface area contributed by atoms with Gasteiger partial charge < -0.3 is 15.2 Å². The lowest BCUT2D eigenvalue weighted by molar-refractivity contribution is -0.135. The van der Waals surface area contributed by atoms with Crippen LogP contribution in [0.2, 0.25) is 0 Å². The van der Waals surface area contributed by atoms with Gasteiger partial charge in [0.15, 0.2) is 0 Å². The second kappa shape index (κ2) is 12.5. The minimum atomic E-state index is -0.818. The van der Waals surface area contributed by atoms with Gasteiger partial charge in [-0.1, -0.05) is 127 Å². The lowest BCUT2D eigenvalue weighted by atomic mass is 9.89. The summed E-state index contributed by atoms with van der Waals surface area (Å²) in [6.07, 6.45) is 0.500. The van der Waals surface area contributed by atoms with Crippen molar-refractivity contribution >= 4 is 22.7 Å². The molecule has 228 valence electrons. The molecule has 1 aliphatic rings. The molecule has 46 heavy (non-hydrogen) atoms. The topological polar surface area (TPSA) is 77.2 Å². The van der Waals surface area contributed by atoms with Crippen molar-refractivity contribution in [2.24, 2.45) is 0 Å². The second-order valence-corrected chi connectivity index (χ2v) is 12.1. The number of nitrogens with zero attached hydrogens (tertiary/aromatic N) is 1. The monoisotopic (exact) mass is 604 g/mol. The van der Waals surface area contributed by atoms with Gasteiger partial charge in [-0.25, -0.2) is 0 Å². The molecule has 0 saturated heterocycles. The number of likely N-dealkylation sites (N-methyl/N-ethyl adjacent to an activating group) is 1. The maximum Gasteiger partial charge on any atom is 0.249 e. The largest absolute Gasteiger partial charge is 0.357 e. The number of aromatic nitrogens is 1. The van der Waals surface area contributed by atoms with Gasteiger partial charge in [-0.05, 0) is 51.4 Å². The number of rotatable bonds is 7. The van der Waals surface area contributed by atoms with Crippen LogP contribution < -0.4 is 10.6 Å². The van der Waals surface area contributed by atoms with Gasteiger partial charge in [0.2, 0.25) is 11.8 Å². The molecule has 7 rings (SSSR count). The van der Waals surface area contributed by atoms with Crippen molar-refractivity contribution in [2.75, 3.05) is 14.1 Å². The summed E-state index contributed by atoms with van der Waals surface area (Å²) in [7, 11) is 3.43. The Bertz CT molecular complexity index is 1980. The van der Waals surface area contributed by atoms with Gasteiger partial charge in [-0.15, -0.1) is 0 Å². The summed E-state index contributed by atoms with van der Waals surface area (Å²) >= 11 is 0. The zero-order valence-corrected chi connectivity index (χ0v) is 25.9. The molecular weight excluding hydrogens is 568 g/mol. The fourth-order valence-corrected chi connectivity index (χ4v) is 6.45. The van der Waals surface area contributed by atoms with E-state index in [0.717, 1.165) is 55.5 Å². The Morgan fingerprint density at radius 1 is 0.696 bits per heavy atom. The van der Waals surface area contributed by atoms with Crippen molar-refractivity contribution in [3.63, 3.8) is 0 Å². The average molecular weight is 605 g/mol. The molecule has 1 aliphatic heterocycles. The number of amides is 2. The predicted octanol–water partition coefficient (Wildman–Crippen LogP) is 7.05. The number of carbonyl (C=O) groups excluding carboxylic acids is 2. The normalized spacial score (nSPS) is 16.4. The Morgan fingerprint density at radius 2 is 1.24 bits per heavy atom. The van der Waals surface area contributed by atoms with Gasteiger partial charge in [-0.3, -0.25) is 14.9 Å². The van der Waals surface area contributed by atoms with E-state index in [2.05, 4.69) is 76.3 Å². The van der Waals surface area contributed by atoms with Crippen LogP contribution in [0.1, 0.15) is 34.5 Å². The highest BCUT2D eigenvalue weighted by Gasteiger charge is 2.36. The van der Waals surface area contributed by atoms with E-state index in [1.807, 2.05) is 72.8 Å². The fourth-order valence-electron chi connectivity index (χ4n) is 6.45. The van der Waals surface area contributed by atoms with Crippen LogP contribution in [0, 0.1) is 0 Å². The first kappa shape index (κ1) is 29.3. The molecule has 6 heteroatoms. The molecule has 2 heterocycles. The number of carbonyl (C=O) groups is 2. The highest BCUT2D eigenvalue weighted by Crippen LogP contribution is 2.36. The summed E-state index contributed by atoms with van der Waals surface area (Å²) in [4.78, 5) is 32.8. The van der Waals surface area contributed by atoms with Gasteiger partial charge in [-0.2, -0.15) is 0 Å². The van der Waals surface area contributed by atoms with E-state index in [-0.39, 0.29) is 17.9 Å². The van der Waals surface area contributed by atoms with Crippen molar-refractivity contribution in [1.82, 2.24) is 20.5 Å². The van der Waals surface area contributed by atoms with Crippen LogP contribution in [0.25, 0.3) is 33.2 Å². The molecule has 6 nitrogen and oxygen atoms in total. The third-order valence-corrected chi connectivity index (χ3v) is 8.90. The van der Waals surface area contributed by atoms with Crippen LogP contribution in [0.4, 0.5) is 0 Å². The third-order valence-electron chi connectivity index (χ3n) is 8.90. The Labute approximate surface area is 269 Å². The molecule has 2 amide bonds. The number of fused-ring (bicyclic) bond motifs is 3. The minimum Gasteiger partial charge on any atom is -0.357 e. The second-order valence-electron chi connectivity index (χ2n) is 12.1. The Balaban J connectivity index is 1.19. The van der Waals surface area contributed by atoms with Crippen molar-refractivity contribution in [1.29, 1.82) is 0 Å². The van der Waals surface area contributed by atoms with E-state index < -0.39 is 12.1 Å². The third kappa shape index (κ3) is 5.71. The van der Waals surface area contributed by atoms with Gasteiger partial charge in [0.1, 0.15) is 6.04 Å². The van der Waals surface area contributed by atoms with Crippen LogP contribution in [0.5, 0.6) is 0 Å². The molecule has 3 atom stereocenters. The highest BCUT2D eigenvalue weighted by molar-refractivity contribution is 5.92. The van der Waals surface area contributed by atoms with Crippen LogP contribution >= 0.6 is 0 Å². The summed E-state index contributed by atoms with van der Waals surface area (Å²) in [6, 6.07) is 43.4. The first-order valence-electron chi connectivity index (χ1n) is 15.6. The van der Waals surface area contributed by atoms with E-state index in [9.17, 15) is 9.59 Å². The molecule has 0 spiro atoms. The van der Waals surface area contributed by atoms with Gasteiger partial charge in [0.25, 0.3) is 0 Å². The molecule has 0 aliphatic carbocycles. The minimum absolute atomic E-state index is 0.183. The number of benzene rings is 5. The fraction of sp³-hybridized carbons (Fsp3) is 0.150. The first-order valence-corrected chi connectivity index (χ1v) is 15.6. The highest BCUT2D eigenvalue weighted by atomic mass is 16.2. The average Bonchev–Trinajstić information content (AvgIpc) is 3.49. The lowest BCUT2D eigenvalue weighted by Gasteiger charge is -2.32. The Hall–Kier alpha value is -5.46. The molecule has 0 radical (unpaired) electrons. The molecule has 3 N–H and O–H groups in total. The SMILES string of the molecule is CN(C)C(=O)C(NC(=O)C1Cc2c([nH]c3ccccc23)[C@H](c2ccc(-c3ccccc3)cc2)N1)c1ccc(-c2ccccc2)cc1. The van der Waals surface area contributed by atoms with Crippen molar-refractivity contribution in [3.8, 4) is 22.3 Å². The zero-order valence-electron chi connectivity index (χ0n) is 25.9. The Kier molecular flexibility index (Phi) is 7.95. The van der Waals surface area contributed by atoms with Crippen molar-refractivity contribution in [2.45, 2.75) is 24.5 Å². The number of H-pyrrole nitrogens is 1. The van der Waals surface area contributed by atoms with Crippen LogP contribution in [-0.4, -0.2) is 41.8 Å². The zero-order chi connectivity index (χ0) is 31.6. The van der Waals surface area contributed by atoms with E-state index in [1.165, 1.54) is 4.90 Å².